The Kier molecular flexibility index (Phi) is 8.52. The number of aliphatic hydroxyl groups excluding tert-OH is 1. The van der Waals surface area contributed by atoms with Crippen LogP contribution in [0, 0.1) is 0 Å². The van der Waals surface area contributed by atoms with Crippen molar-refractivity contribution >= 4 is 13.7 Å². The molecule has 1 saturated heterocycles. The van der Waals surface area contributed by atoms with Gasteiger partial charge >= 0.3 is 19.4 Å². The van der Waals surface area contributed by atoms with Crippen LogP contribution in [0.5, 0.6) is 5.75 Å². The summed E-state index contributed by atoms with van der Waals surface area (Å²) in [5.74, 6) is -0.581. The Hall–Kier alpha value is -2.83. The molecule has 14 heteroatoms. The summed E-state index contributed by atoms with van der Waals surface area (Å²) in [6.45, 7) is 4.96. The van der Waals surface area contributed by atoms with Gasteiger partial charge in [-0.2, -0.15) is 5.09 Å². The lowest BCUT2D eigenvalue weighted by atomic mass is 9.98. The van der Waals surface area contributed by atoms with Crippen molar-refractivity contribution in [3.63, 3.8) is 0 Å². The van der Waals surface area contributed by atoms with Gasteiger partial charge in [-0.05, 0) is 39.8 Å². The molecule has 1 aliphatic heterocycles. The van der Waals surface area contributed by atoms with Crippen LogP contribution in [0.3, 0.4) is 0 Å². The number of benzene rings is 1. The van der Waals surface area contributed by atoms with Gasteiger partial charge in [0.05, 0.1) is 12.7 Å². The Morgan fingerprint density at radius 2 is 1.94 bits per heavy atom. The number of hydrogen-bond donors (Lipinski definition) is 3. The summed E-state index contributed by atoms with van der Waals surface area (Å²) in [6.07, 6.45) is -4.45. The van der Waals surface area contributed by atoms with E-state index >= 15 is 4.39 Å². The highest BCUT2D eigenvalue weighted by molar-refractivity contribution is 7.52. The number of carbonyl (C=O) groups is 1. The van der Waals surface area contributed by atoms with Crippen LogP contribution < -0.4 is 20.9 Å². The zero-order chi connectivity index (χ0) is 26.7. The van der Waals surface area contributed by atoms with Gasteiger partial charge in [0.1, 0.15) is 24.0 Å². The predicted octanol–water partition coefficient (Wildman–Crippen LogP) is 1.66. The van der Waals surface area contributed by atoms with Gasteiger partial charge in [0, 0.05) is 12.3 Å². The molecule has 2 heterocycles. The fraction of sp³-hybridized carbons (Fsp3) is 0.500. The maximum absolute atomic E-state index is 15.4. The van der Waals surface area contributed by atoms with Crippen molar-refractivity contribution in [2.75, 3.05) is 6.61 Å². The summed E-state index contributed by atoms with van der Waals surface area (Å²) >= 11 is 0. The van der Waals surface area contributed by atoms with E-state index in [0.717, 1.165) is 19.2 Å². The van der Waals surface area contributed by atoms with Gasteiger partial charge in [-0.15, -0.1) is 0 Å². The van der Waals surface area contributed by atoms with Gasteiger partial charge in [0.25, 0.3) is 5.56 Å². The van der Waals surface area contributed by atoms with Crippen molar-refractivity contribution in [1.29, 1.82) is 0 Å². The van der Waals surface area contributed by atoms with Crippen molar-refractivity contribution < 1.29 is 37.4 Å². The smallest absolute Gasteiger partial charge is 0.459 e. The monoisotopic (exact) mass is 529 g/mol. The Labute approximate surface area is 205 Å². The SMILES string of the molecule is CC(C)OC(=O)[C@H](C)NP(=O)(OC[C@H]1O[C@@H](n2c(=O)cc[nH]c2=O)[C@](C)(F)[C@@H]1O)Oc1ccccc1. The van der Waals surface area contributed by atoms with Gasteiger partial charge in [-0.1, -0.05) is 18.2 Å². The Morgan fingerprint density at radius 3 is 2.56 bits per heavy atom. The minimum atomic E-state index is -4.33. The molecule has 0 spiro atoms. The lowest BCUT2D eigenvalue weighted by Gasteiger charge is -2.25. The summed E-state index contributed by atoms with van der Waals surface area (Å²) < 4.78 is 51.0. The van der Waals surface area contributed by atoms with E-state index in [0.29, 0.717) is 4.57 Å². The lowest BCUT2D eigenvalue weighted by Crippen LogP contribution is -2.46. The number of nitrogens with one attached hydrogen (secondary N) is 2. The van der Waals surface area contributed by atoms with Crippen LogP contribution in [0.25, 0.3) is 0 Å². The molecule has 3 rings (SSSR count). The fourth-order valence-corrected chi connectivity index (χ4v) is 4.99. The number of ether oxygens (including phenoxy) is 2. The molecule has 1 fully saturated rings. The molecule has 36 heavy (non-hydrogen) atoms. The van der Waals surface area contributed by atoms with E-state index in [1.165, 1.54) is 19.1 Å². The molecule has 0 aliphatic carbocycles. The first-order chi connectivity index (χ1) is 16.8. The first-order valence-electron chi connectivity index (χ1n) is 11.1. The number of hydrogen-bond acceptors (Lipinski definition) is 9. The maximum atomic E-state index is 15.4. The maximum Gasteiger partial charge on any atom is 0.459 e. The van der Waals surface area contributed by atoms with E-state index in [1.807, 2.05) is 0 Å². The molecule has 3 N–H and O–H groups in total. The van der Waals surface area contributed by atoms with Gasteiger partial charge in [-0.25, -0.2) is 18.3 Å². The van der Waals surface area contributed by atoms with E-state index in [4.69, 9.17) is 18.5 Å². The first kappa shape index (κ1) is 27.8. The quantitative estimate of drug-likeness (QED) is 0.305. The van der Waals surface area contributed by atoms with Crippen LogP contribution in [0.1, 0.15) is 33.9 Å². The van der Waals surface area contributed by atoms with Crippen LogP contribution in [-0.4, -0.2) is 57.3 Å². The second-order valence-corrected chi connectivity index (χ2v) is 10.3. The molecular formula is C22H29FN3O9P. The Balaban J connectivity index is 1.81. The zero-order valence-corrected chi connectivity index (χ0v) is 21.0. The van der Waals surface area contributed by atoms with E-state index in [-0.39, 0.29) is 5.75 Å². The average molecular weight is 529 g/mol. The van der Waals surface area contributed by atoms with Crippen molar-refractivity contribution in [3.05, 3.63) is 63.4 Å². The second kappa shape index (κ2) is 11.1. The molecule has 198 valence electrons. The number of esters is 1. The molecule has 1 aromatic heterocycles. The standard InChI is InChI=1S/C22H29FN3O9P/c1-13(2)33-19(29)14(3)25-36(31,35-15-8-6-5-7-9-15)32-12-16-18(28)22(4,23)20(34-16)26-17(27)10-11-24-21(26)30/h5-11,13-14,16,18,20,28H,12H2,1-4H3,(H,24,30)(H,25,31)/t14-,16+,18+,20+,22+,36?/m0/s1. The van der Waals surface area contributed by atoms with Gasteiger partial charge in [0.2, 0.25) is 0 Å². The number of rotatable bonds is 10. The number of aromatic nitrogens is 2. The van der Waals surface area contributed by atoms with Crippen LogP contribution in [0.2, 0.25) is 0 Å². The molecule has 1 aromatic carbocycles. The molecule has 1 unspecified atom stereocenters. The Bertz CT molecular complexity index is 1190. The average Bonchev–Trinajstić information content (AvgIpc) is 3.01. The lowest BCUT2D eigenvalue weighted by molar-refractivity contribution is -0.149. The highest BCUT2D eigenvalue weighted by Gasteiger charge is 2.56. The second-order valence-electron chi connectivity index (χ2n) is 8.65. The van der Waals surface area contributed by atoms with Crippen molar-refractivity contribution in [2.24, 2.45) is 0 Å². The molecule has 0 saturated carbocycles. The number of alkyl halides is 1. The summed E-state index contributed by atoms with van der Waals surface area (Å²) in [6, 6.07) is 7.81. The molecule has 0 amide bonds. The molecule has 6 atom stereocenters. The van der Waals surface area contributed by atoms with Crippen molar-refractivity contribution in [2.45, 2.75) is 63.9 Å². The third-order valence-corrected chi connectivity index (χ3v) is 6.92. The normalized spacial score (nSPS) is 26.4. The molecule has 2 aromatic rings. The minimum Gasteiger partial charge on any atom is -0.462 e. The van der Waals surface area contributed by atoms with Gasteiger partial charge in [-0.3, -0.25) is 14.1 Å². The summed E-state index contributed by atoms with van der Waals surface area (Å²) in [4.78, 5) is 38.8. The minimum absolute atomic E-state index is 0.140. The van der Waals surface area contributed by atoms with E-state index in [9.17, 15) is 24.1 Å². The van der Waals surface area contributed by atoms with E-state index in [1.54, 1.807) is 32.0 Å². The van der Waals surface area contributed by atoms with Crippen LogP contribution in [0.4, 0.5) is 4.39 Å². The third kappa shape index (κ3) is 6.29. The highest BCUT2D eigenvalue weighted by Crippen LogP contribution is 2.47. The van der Waals surface area contributed by atoms with E-state index < -0.39 is 67.8 Å². The summed E-state index contributed by atoms with van der Waals surface area (Å²) in [5, 5.41) is 13.0. The number of aromatic amines is 1. The number of H-pyrrole nitrogens is 1. The molecule has 0 radical (unpaired) electrons. The van der Waals surface area contributed by atoms with Crippen molar-refractivity contribution in [3.8, 4) is 5.75 Å². The van der Waals surface area contributed by atoms with Gasteiger partial charge in [0.15, 0.2) is 11.9 Å². The summed E-state index contributed by atoms with van der Waals surface area (Å²) in [5.41, 5.74) is -4.38. The number of carbonyl (C=O) groups excluding carboxylic acids is 1. The number of nitrogens with zero attached hydrogens (tertiary/aromatic N) is 1. The molecule has 1 aliphatic rings. The number of halogens is 1. The van der Waals surface area contributed by atoms with Gasteiger partial charge < -0.3 is 24.1 Å². The van der Waals surface area contributed by atoms with Crippen LogP contribution in [-0.2, 0) is 23.4 Å². The molecular weight excluding hydrogens is 500 g/mol. The number of para-hydroxylation sites is 1. The summed E-state index contributed by atoms with van der Waals surface area (Å²) in [7, 11) is -4.33. The zero-order valence-electron chi connectivity index (χ0n) is 20.1. The topological polar surface area (TPSA) is 158 Å². The number of aliphatic hydroxyl groups is 1. The first-order valence-corrected chi connectivity index (χ1v) is 12.7. The fourth-order valence-electron chi connectivity index (χ4n) is 3.49. The predicted molar refractivity (Wildman–Crippen MR) is 125 cm³/mol. The van der Waals surface area contributed by atoms with Crippen molar-refractivity contribution in [1.82, 2.24) is 14.6 Å². The van der Waals surface area contributed by atoms with Crippen LogP contribution in [0.15, 0.2) is 52.2 Å². The Morgan fingerprint density at radius 1 is 1.28 bits per heavy atom. The van der Waals surface area contributed by atoms with Crippen LogP contribution >= 0.6 is 7.75 Å². The molecule has 12 nitrogen and oxygen atoms in total. The molecule has 0 bridgehead atoms. The highest BCUT2D eigenvalue weighted by atomic mass is 31.2. The largest absolute Gasteiger partial charge is 0.462 e. The van der Waals surface area contributed by atoms with E-state index in [2.05, 4.69) is 10.1 Å². The third-order valence-electron chi connectivity index (χ3n) is 5.28.